The van der Waals surface area contributed by atoms with E-state index in [1.54, 1.807) is 36.4 Å². The highest BCUT2D eigenvalue weighted by molar-refractivity contribution is 7.99. The molecule has 1 heterocycles. The third kappa shape index (κ3) is 11.7. The van der Waals surface area contributed by atoms with Gasteiger partial charge in [0, 0.05) is 34.9 Å². The number of nitrogens with zero attached hydrogens (tertiary/aromatic N) is 5. The zero-order chi connectivity index (χ0) is 34.2. The number of aromatic nitrogens is 3. The number of methoxy groups -OCH3 is 1. The minimum absolute atomic E-state index is 0.159. The van der Waals surface area contributed by atoms with Crippen LogP contribution < -0.4 is 4.74 Å². The number of hydrogen-bond donors (Lipinski definition) is 3. The van der Waals surface area contributed by atoms with E-state index in [0.29, 0.717) is 61.1 Å². The molecule has 0 amide bonds. The van der Waals surface area contributed by atoms with E-state index in [9.17, 15) is 29.8 Å². The van der Waals surface area contributed by atoms with Gasteiger partial charge in [-0.05, 0) is 42.5 Å². The van der Waals surface area contributed by atoms with Gasteiger partial charge in [0.1, 0.15) is 16.5 Å². The quantitative estimate of drug-likeness (QED) is 0.0591. The largest absolute Gasteiger partial charge is 0.496 e. The Morgan fingerprint density at radius 2 is 1.32 bits per heavy atom. The number of hydrogen-bond acceptors (Lipinski definition) is 14. The molecule has 0 saturated heterocycles. The molecule has 0 spiro atoms. The molecule has 0 atom stereocenters. The number of benzene rings is 3. The molecule has 0 bridgehead atoms. The minimum atomic E-state index is -4.45. The van der Waals surface area contributed by atoms with Gasteiger partial charge in [-0.15, -0.1) is 0 Å². The van der Waals surface area contributed by atoms with Crippen LogP contribution in [0.25, 0.3) is 10.8 Å². The molecule has 0 radical (unpaired) electrons. The average Bonchev–Trinajstić information content (AvgIpc) is 2.99. The Bertz CT molecular complexity index is 2050. The Balaban J connectivity index is 1.54. The fraction of sp³-hybridized carbons (Fsp3) is 0.296. The van der Waals surface area contributed by atoms with Gasteiger partial charge in [0.25, 0.3) is 30.4 Å². The van der Waals surface area contributed by atoms with Gasteiger partial charge in [-0.2, -0.15) is 40.5 Å². The van der Waals surface area contributed by atoms with Gasteiger partial charge < -0.3 is 4.74 Å². The SMILES string of the molecule is COc1cc(N=Nc2ccc3cccc(S(=O)(=O)O)c3c2)ccc1Cc1nc(SCCCS(=O)(=O)O)nc(SCCCS(=O)(=O)O)n1. The predicted molar refractivity (Wildman–Crippen MR) is 177 cm³/mol. The molecule has 47 heavy (non-hydrogen) atoms. The molecule has 0 unspecified atom stereocenters. The van der Waals surface area contributed by atoms with Crippen molar-refractivity contribution in [3.63, 3.8) is 0 Å². The summed E-state index contributed by atoms with van der Waals surface area (Å²) in [5.41, 5.74) is 1.46. The van der Waals surface area contributed by atoms with E-state index in [1.165, 1.54) is 48.8 Å². The van der Waals surface area contributed by atoms with E-state index in [2.05, 4.69) is 25.2 Å². The molecule has 3 aromatic carbocycles. The third-order valence-electron chi connectivity index (χ3n) is 6.20. The van der Waals surface area contributed by atoms with Crippen LogP contribution in [-0.2, 0) is 36.8 Å². The van der Waals surface area contributed by atoms with Gasteiger partial charge >= 0.3 is 0 Å². The predicted octanol–water partition coefficient (Wildman–Crippen LogP) is 5.03. The van der Waals surface area contributed by atoms with Gasteiger partial charge in [-0.3, -0.25) is 13.7 Å². The van der Waals surface area contributed by atoms with E-state index in [4.69, 9.17) is 13.8 Å². The van der Waals surface area contributed by atoms with Crippen LogP contribution in [0.5, 0.6) is 5.75 Å². The van der Waals surface area contributed by atoms with Crippen molar-refractivity contribution in [2.45, 2.75) is 34.5 Å². The molecule has 252 valence electrons. The van der Waals surface area contributed by atoms with E-state index < -0.39 is 41.9 Å². The highest BCUT2D eigenvalue weighted by atomic mass is 32.2. The number of fused-ring (bicyclic) bond motifs is 1. The van der Waals surface area contributed by atoms with Crippen LogP contribution >= 0.6 is 23.5 Å². The molecule has 4 aromatic rings. The summed E-state index contributed by atoms with van der Waals surface area (Å²) in [7, 11) is -11.2. The summed E-state index contributed by atoms with van der Waals surface area (Å²) in [6, 6.07) is 14.4. The maximum atomic E-state index is 11.8. The second-order valence-corrected chi connectivity index (χ2v) is 16.5. The first-order valence-electron chi connectivity index (χ1n) is 13.6. The van der Waals surface area contributed by atoms with Crippen LogP contribution in [-0.4, -0.2) is 84.0 Å². The van der Waals surface area contributed by atoms with Crippen LogP contribution in [0.4, 0.5) is 11.4 Å². The highest BCUT2D eigenvalue weighted by Crippen LogP contribution is 2.31. The lowest BCUT2D eigenvalue weighted by molar-refractivity contribution is 0.410. The summed E-state index contributed by atoms with van der Waals surface area (Å²) in [5.74, 6) is 0.568. The fourth-order valence-corrected chi connectivity index (χ4v) is 7.87. The van der Waals surface area contributed by atoms with Crippen LogP contribution in [0, 0.1) is 0 Å². The maximum absolute atomic E-state index is 11.8. The summed E-state index contributed by atoms with van der Waals surface area (Å²) in [5, 5.41) is 9.96. The van der Waals surface area contributed by atoms with Gasteiger partial charge in [-0.25, -0.2) is 9.97 Å². The molecule has 0 saturated carbocycles. The summed E-state index contributed by atoms with van der Waals surface area (Å²) in [4.78, 5) is 13.1. The normalized spacial score (nSPS) is 12.6. The standard InChI is InChI=1S/C27H29N5O10S5/c1-42-23-17-21(32-31-20-9-7-18-5-2-6-24(22(18)16-20)47(39,40)41)10-8-19(23)15-25-28-26(43-11-3-13-45(33,34)35)30-27(29-25)44-12-4-14-46(36,37)38/h2,5-10,16-17H,3-4,11-15H2,1H3,(H,33,34,35)(H,36,37,38)(H,39,40,41). The highest BCUT2D eigenvalue weighted by Gasteiger charge is 2.15. The van der Waals surface area contributed by atoms with E-state index in [0.717, 1.165) is 0 Å². The molecular formula is C27H29N5O10S5. The summed E-state index contributed by atoms with van der Waals surface area (Å²) < 4.78 is 101. The first-order chi connectivity index (χ1) is 22.1. The molecule has 0 aliphatic heterocycles. The fourth-order valence-electron chi connectivity index (χ4n) is 4.14. The van der Waals surface area contributed by atoms with Crippen LogP contribution in [0.2, 0.25) is 0 Å². The lowest BCUT2D eigenvalue weighted by Gasteiger charge is -2.10. The summed E-state index contributed by atoms with van der Waals surface area (Å²) >= 11 is 2.34. The molecule has 20 heteroatoms. The molecule has 0 aliphatic rings. The third-order valence-corrected chi connectivity index (χ3v) is 10.6. The second-order valence-electron chi connectivity index (χ2n) is 9.80. The zero-order valence-corrected chi connectivity index (χ0v) is 28.7. The van der Waals surface area contributed by atoms with E-state index in [1.807, 2.05) is 0 Å². The Hall–Kier alpha value is -3.24. The van der Waals surface area contributed by atoms with Gasteiger partial charge in [0.05, 0.1) is 30.0 Å². The average molecular weight is 744 g/mol. The molecule has 1 aromatic heterocycles. The van der Waals surface area contributed by atoms with Crippen molar-refractivity contribution in [1.82, 2.24) is 15.0 Å². The smallest absolute Gasteiger partial charge is 0.295 e. The van der Waals surface area contributed by atoms with Crippen molar-refractivity contribution >= 4 is 76.0 Å². The van der Waals surface area contributed by atoms with Crippen molar-refractivity contribution in [2.24, 2.45) is 10.2 Å². The lowest BCUT2D eigenvalue weighted by Crippen LogP contribution is -2.07. The summed E-state index contributed by atoms with van der Waals surface area (Å²) in [6.07, 6.45) is 0.515. The first kappa shape index (κ1) is 36.6. The minimum Gasteiger partial charge on any atom is -0.496 e. The second kappa shape index (κ2) is 15.8. The topological polar surface area (TPSA) is 236 Å². The maximum Gasteiger partial charge on any atom is 0.295 e. The van der Waals surface area contributed by atoms with E-state index in [-0.39, 0.29) is 24.2 Å². The number of thioether (sulfide) groups is 2. The zero-order valence-electron chi connectivity index (χ0n) is 24.6. The van der Waals surface area contributed by atoms with Crippen LogP contribution in [0.3, 0.4) is 0 Å². The first-order valence-corrected chi connectivity index (χ1v) is 20.2. The van der Waals surface area contributed by atoms with Gasteiger partial charge in [-0.1, -0.05) is 47.8 Å². The van der Waals surface area contributed by atoms with E-state index >= 15 is 0 Å². The number of ether oxygens (including phenoxy) is 1. The number of azo groups is 1. The Kier molecular flexibility index (Phi) is 12.3. The van der Waals surface area contributed by atoms with Crippen LogP contribution in [0.15, 0.2) is 80.0 Å². The van der Waals surface area contributed by atoms with Gasteiger partial charge in [0.2, 0.25) is 0 Å². The lowest BCUT2D eigenvalue weighted by atomic mass is 10.1. The van der Waals surface area contributed by atoms with Crippen molar-refractivity contribution < 1.29 is 43.6 Å². The van der Waals surface area contributed by atoms with Crippen LogP contribution in [0.1, 0.15) is 24.2 Å². The molecular weight excluding hydrogens is 715 g/mol. The van der Waals surface area contributed by atoms with Crippen molar-refractivity contribution in [3.05, 3.63) is 66.0 Å². The molecule has 15 nitrogen and oxygen atoms in total. The molecule has 4 rings (SSSR count). The van der Waals surface area contributed by atoms with Crippen molar-refractivity contribution in [3.8, 4) is 5.75 Å². The van der Waals surface area contributed by atoms with Crippen molar-refractivity contribution in [1.29, 1.82) is 0 Å². The van der Waals surface area contributed by atoms with Gasteiger partial charge in [0.15, 0.2) is 10.3 Å². The van der Waals surface area contributed by atoms with Crippen molar-refractivity contribution in [2.75, 3.05) is 30.1 Å². The summed E-state index contributed by atoms with van der Waals surface area (Å²) in [6.45, 7) is 0. The molecule has 3 N–H and O–H groups in total. The number of rotatable bonds is 16. The molecule has 0 fully saturated rings. The Morgan fingerprint density at radius 1 is 0.745 bits per heavy atom. The molecule has 0 aliphatic carbocycles. The monoisotopic (exact) mass is 743 g/mol. The Labute approximate surface area is 279 Å². The Morgan fingerprint density at radius 3 is 1.87 bits per heavy atom.